The summed E-state index contributed by atoms with van der Waals surface area (Å²) in [5.74, 6) is 0.333. The number of aliphatic hydroxyl groups excluding tert-OH is 2. The number of carbonyl (C=O) groups is 1. The van der Waals surface area contributed by atoms with E-state index in [4.69, 9.17) is 0 Å². The molecule has 88 valence electrons. The first-order chi connectivity index (χ1) is 6.84. The minimum atomic E-state index is -0.635. The van der Waals surface area contributed by atoms with Crippen molar-refractivity contribution in [3.05, 3.63) is 0 Å². The van der Waals surface area contributed by atoms with Gasteiger partial charge in [-0.1, -0.05) is 13.8 Å². The Hall–Kier alpha value is -0.450. The van der Waals surface area contributed by atoms with Gasteiger partial charge in [0, 0.05) is 5.92 Å². The van der Waals surface area contributed by atoms with Crippen LogP contribution >= 0.6 is 0 Å². The average Bonchev–Trinajstić information content (AvgIpc) is 2.37. The number of hydrogen-bond donors (Lipinski definition) is 2. The molecule has 1 heterocycles. The summed E-state index contributed by atoms with van der Waals surface area (Å²) in [5, 5.41) is 18.9. The van der Waals surface area contributed by atoms with E-state index in [1.165, 1.54) is 0 Å². The van der Waals surface area contributed by atoms with Crippen molar-refractivity contribution >= 4 is 5.78 Å². The van der Waals surface area contributed by atoms with Gasteiger partial charge < -0.3 is 14.7 Å². The fourth-order valence-corrected chi connectivity index (χ4v) is 2.07. The van der Waals surface area contributed by atoms with Gasteiger partial charge in [0.2, 0.25) is 0 Å². The third kappa shape index (κ3) is 3.26. The van der Waals surface area contributed by atoms with E-state index in [9.17, 15) is 15.0 Å². The van der Waals surface area contributed by atoms with Crippen molar-refractivity contribution in [2.75, 3.05) is 26.7 Å². The van der Waals surface area contributed by atoms with Crippen molar-refractivity contribution < 1.29 is 19.5 Å². The van der Waals surface area contributed by atoms with Crippen molar-refractivity contribution in [1.29, 1.82) is 0 Å². The summed E-state index contributed by atoms with van der Waals surface area (Å²) in [7, 11) is 1.98. The summed E-state index contributed by atoms with van der Waals surface area (Å²) in [5.41, 5.74) is 0. The number of likely N-dealkylation sites (tertiary alicyclic amines) is 1. The Morgan fingerprint density at radius 2 is 1.80 bits per heavy atom. The van der Waals surface area contributed by atoms with Crippen LogP contribution in [0.2, 0.25) is 0 Å². The van der Waals surface area contributed by atoms with E-state index in [-0.39, 0.29) is 11.7 Å². The summed E-state index contributed by atoms with van der Waals surface area (Å²) in [6.45, 7) is 5.61. The van der Waals surface area contributed by atoms with Crippen LogP contribution in [0, 0.1) is 5.92 Å². The van der Waals surface area contributed by atoms with Crippen LogP contribution in [0.1, 0.15) is 20.3 Å². The molecule has 2 atom stereocenters. The molecule has 0 amide bonds. The van der Waals surface area contributed by atoms with Crippen LogP contribution in [0.4, 0.5) is 0 Å². The van der Waals surface area contributed by atoms with Crippen molar-refractivity contribution in [2.45, 2.75) is 32.5 Å². The predicted octanol–water partition coefficient (Wildman–Crippen LogP) is -0.216. The highest BCUT2D eigenvalue weighted by atomic mass is 16.3. The predicted molar refractivity (Wildman–Crippen MR) is 57.3 cm³/mol. The molecule has 1 aliphatic heterocycles. The molecular weight excluding hydrogens is 194 g/mol. The first-order valence-corrected chi connectivity index (χ1v) is 5.56. The number of likely N-dealkylation sites (N-methyl/N-ethyl adjacent to an activating group) is 1. The second kappa shape index (κ2) is 4.60. The first kappa shape index (κ1) is 12.6. The smallest absolute Gasteiger partial charge is 0.141 e. The maximum absolute atomic E-state index is 11.5. The largest absolute Gasteiger partial charge is 0.384 e. The van der Waals surface area contributed by atoms with Gasteiger partial charge in [-0.15, -0.1) is 0 Å². The Morgan fingerprint density at radius 3 is 2.20 bits per heavy atom. The highest BCUT2D eigenvalue weighted by Gasteiger charge is 2.40. The SMILES string of the molecule is CC(C)C(=O)CC[N+]1(C)C[C@@H](O)[C@H](O)C1. The lowest BCUT2D eigenvalue weighted by Gasteiger charge is -2.29. The number of ketones is 1. The Morgan fingerprint density at radius 1 is 1.33 bits per heavy atom. The number of nitrogens with zero attached hydrogens (tertiary/aromatic N) is 1. The molecule has 0 saturated carbocycles. The molecule has 0 spiro atoms. The fraction of sp³-hybridized carbons (Fsp3) is 0.909. The topological polar surface area (TPSA) is 57.5 Å². The standard InChI is InChI=1S/C11H22NO3/c1-8(2)9(13)4-5-12(3)6-10(14)11(15)7-12/h8,10-11,14-15H,4-7H2,1-3H3/q+1/t10-,11-/m1/s1. The lowest BCUT2D eigenvalue weighted by atomic mass is 10.1. The normalized spacial score (nSPS) is 29.7. The third-order valence-electron chi connectivity index (χ3n) is 3.24. The van der Waals surface area contributed by atoms with Crippen LogP contribution in [0.3, 0.4) is 0 Å². The van der Waals surface area contributed by atoms with Gasteiger partial charge in [0.05, 0.1) is 20.0 Å². The highest BCUT2D eigenvalue weighted by Crippen LogP contribution is 2.18. The lowest BCUT2D eigenvalue weighted by molar-refractivity contribution is -0.899. The quantitative estimate of drug-likeness (QED) is 0.639. The van der Waals surface area contributed by atoms with E-state index in [0.717, 1.165) is 0 Å². The second-order valence-electron chi connectivity index (χ2n) is 5.21. The van der Waals surface area contributed by atoms with Gasteiger partial charge in [-0.3, -0.25) is 4.79 Å². The summed E-state index contributed by atoms with van der Waals surface area (Å²) >= 11 is 0. The molecular formula is C11H22NO3+. The average molecular weight is 216 g/mol. The van der Waals surface area contributed by atoms with E-state index in [1.807, 2.05) is 20.9 Å². The molecule has 0 aromatic rings. The van der Waals surface area contributed by atoms with Crippen LogP contribution in [0.5, 0.6) is 0 Å². The van der Waals surface area contributed by atoms with Crippen LogP contribution in [0.25, 0.3) is 0 Å². The summed E-state index contributed by atoms with van der Waals surface area (Å²) in [4.78, 5) is 11.5. The summed E-state index contributed by atoms with van der Waals surface area (Å²) in [6, 6.07) is 0. The molecule has 0 aromatic carbocycles. The molecule has 1 saturated heterocycles. The molecule has 4 nitrogen and oxygen atoms in total. The van der Waals surface area contributed by atoms with E-state index >= 15 is 0 Å². The van der Waals surface area contributed by atoms with Crippen LogP contribution in [-0.4, -0.2) is 59.4 Å². The highest BCUT2D eigenvalue weighted by molar-refractivity contribution is 5.80. The van der Waals surface area contributed by atoms with Gasteiger partial charge in [0.25, 0.3) is 0 Å². The Labute approximate surface area is 91.1 Å². The Bertz CT molecular complexity index is 230. The van der Waals surface area contributed by atoms with Crippen molar-refractivity contribution in [2.24, 2.45) is 5.92 Å². The van der Waals surface area contributed by atoms with E-state index in [1.54, 1.807) is 0 Å². The molecule has 0 aliphatic carbocycles. The summed E-state index contributed by atoms with van der Waals surface area (Å²) < 4.78 is 0.598. The van der Waals surface area contributed by atoms with Gasteiger partial charge in [-0.2, -0.15) is 0 Å². The Balaban J connectivity index is 2.42. The van der Waals surface area contributed by atoms with E-state index in [2.05, 4.69) is 0 Å². The van der Waals surface area contributed by atoms with Crippen molar-refractivity contribution in [3.63, 3.8) is 0 Å². The molecule has 4 heteroatoms. The number of hydrogen-bond acceptors (Lipinski definition) is 3. The summed E-state index contributed by atoms with van der Waals surface area (Å²) in [6.07, 6.45) is -0.735. The van der Waals surface area contributed by atoms with Crippen LogP contribution in [-0.2, 0) is 4.79 Å². The lowest BCUT2D eigenvalue weighted by Crippen LogP contribution is -2.44. The zero-order valence-electron chi connectivity index (χ0n) is 9.81. The first-order valence-electron chi connectivity index (χ1n) is 5.56. The molecule has 2 N–H and O–H groups in total. The van der Waals surface area contributed by atoms with E-state index < -0.39 is 12.2 Å². The number of carbonyl (C=O) groups excluding carboxylic acids is 1. The van der Waals surface area contributed by atoms with Crippen molar-refractivity contribution in [3.8, 4) is 0 Å². The molecule has 1 rings (SSSR count). The second-order valence-corrected chi connectivity index (χ2v) is 5.21. The van der Waals surface area contributed by atoms with Gasteiger partial charge >= 0.3 is 0 Å². The molecule has 0 bridgehead atoms. The monoisotopic (exact) mass is 216 g/mol. The van der Waals surface area contributed by atoms with Gasteiger partial charge in [0.15, 0.2) is 0 Å². The maximum atomic E-state index is 11.5. The maximum Gasteiger partial charge on any atom is 0.141 e. The van der Waals surface area contributed by atoms with Gasteiger partial charge in [0.1, 0.15) is 31.1 Å². The number of quaternary nitrogens is 1. The minimum Gasteiger partial charge on any atom is -0.384 e. The molecule has 1 aliphatic rings. The molecule has 0 unspecified atom stereocenters. The Kier molecular flexibility index (Phi) is 3.87. The third-order valence-corrected chi connectivity index (χ3v) is 3.24. The molecule has 0 aromatic heterocycles. The zero-order valence-corrected chi connectivity index (χ0v) is 9.81. The number of aliphatic hydroxyl groups is 2. The fourth-order valence-electron chi connectivity index (χ4n) is 2.07. The minimum absolute atomic E-state index is 0.0778. The molecule has 0 radical (unpaired) electrons. The number of Topliss-reactive ketones (excluding diaryl/α,β-unsaturated/α-hetero) is 1. The number of rotatable bonds is 4. The zero-order chi connectivity index (χ0) is 11.6. The van der Waals surface area contributed by atoms with Crippen molar-refractivity contribution in [1.82, 2.24) is 0 Å². The molecule has 15 heavy (non-hydrogen) atoms. The van der Waals surface area contributed by atoms with Crippen LogP contribution < -0.4 is 0 Å². The molecule has 1 fully saturated rings. The van der Waals surface area contributed by atoms with Gasteiger partial charge in [-0.25, -0.2) is 0 Å². The van der Waals surface area contributed by atoms with Gasteiger partial charge in [-0.05, 0) is 0 Å². The van der Waals surface area contributed by atoms with Crippen LogP contribution in [0.15, 0.2) is 0 Å². The van der Waals surface area contributed by atoms with E-state index in [0.29, 0.717) is 30.5 Å².